The molecule has 0 aromatic carbocycles. The van der Waals surface area contributed by atoms with Gasteiger partial charge in [-0.15, -0.1) is 0 Å². The molecule has 0 radical (unpaired) electrons. The first-order chi connectivity index (χ1) is 4.23. The zero-order chi connectivity index (χ0) is 6.48. The maximum Gasteiger partial charge on any atom is 0.0210 e. The highest BCUT2D eigenvalue weighted by molar-refractivity contribution is 5.09. The maximum absolute atomic E-state index is 2.53. The van der Waals surface area contributed by atoms with Crippen LogP contribution in [-0.4, -0.2) is 24.0 Å². The van der Waals surface area contributed by atoms with E-state index in [9.17, 15) is 0 Å². The van der Waals surface area contributed by atoms with Crippen LogP contribution in [0.3, 0.4) is 0 Å². The third-order valence-corrected chi connectivity index (χ3v) is 3.30. The summed E-state index contributed by atoms with van der Waals surface area (Å²) in [5, 5.41) is 0. The lowest BCUT2D eigenvalue weighted by atomic mass is 10.1. The summed E-state index contributed by atoms with van der Waals surface area (Å²) in [6.45, 7) is 3.73. The second-order valence-electron chi connectivity index (χ2n) is 3.82. The zero-order valence-electron chi connectivity index (χ0n) is 6.35. The Morgan fingerprint density at radius 3 is 2.89 bits per heavy atom. The average Bonchev–Trinajstić information content (AvgIpc) is 2.44. The third-order valence-electron chi connectivity index (χ3n) is 3.30. The molecule has 2 fully saturated rings. The van der Waals surface area contributed by atoms with Crippen molar-refractivity contribution in [3.05, 3.63) is 0 Å². The molecule has 1 heteroatoms. The minimum Gasteiger partial charge on any atom is -0.301 e. The monoisotopic (exact) mass is 125 g/mol. The van der Waals surface area contributed by atoms with Gasteiger partial charge >= 0.3 is 0 Å². The van der Waals surface area contributed by atoms with E-state index in [2.05, 4.69) is 18.9 Å². The lowest BCUT2D eigenvalue weighted by molar-refractivity contribution is 0.182. The van der Waals surface area contributed by atoms with E-state index < -0.39 is 0 Å². The summed E-state index contributed by atoms with van der Waals surface area (Å²) in [7, 11) is 2.26. The number of nitrogens with zero attached hydrogens (tertiary/aromatic N) is 1. The summed E-state index contributed by atoms with van der Waals surface area (Å²) in [4.78, 5) is 2.53. The van der Waals surface area contributed by atoms with Gasteiger partial charge in [-0.1, -0.05) is 0 Å². The van der Waals surface area contributed by atoms with E-state index in [1.807, 2.05) is 0 Å². The van der Waals surface area contributed by atoms with Crippen molar-refractivity contribution >= 4 is 0 Å². The van der Waals surface area contributed by atoms with Crippen LogP contribution in [-0.2, 0) is 0 Å². The molecule has 1 nitrogen and oxygen atoms in total. The van der Waals surface area contributed by atoms with Crippen molar-refractivity contribution in [1.29, 1.82) is 0 Å². The third kappa shape index (κ3) is 0.644. The van der Waals surface area contributed by atoms with Crippen LogP contribution in [0.25, 0.3) is 0 Å². The Morgan fingerprint density at radius 1 is 1.56 bits per heavy atom. The summed E-state index contributed by atoms with van der Waals surface area (Å²) >= 11 is 0. The molecule has 2 unspecified atom stereocenters. The standard InChI is InChI=1S/C8H15N/c1-8-6-7(8)4-3-5-9(8)2/h7H,3-6H2,1-2H3. The molecule has 0 aromatic heterocycles. The van der Waals surface area contributed by atoms with E-state index in [-0.39, 0.29) is 0 Å². The average molecular weight is 125 g/mol. The van der Waals surface area contributed by atoms with Crippen molar-refractivity contribution < 1.29 is 0 Å². The van der Waals surface area contributed by atoms with Gasteiger partial charge in [0.05, 0.1) is 0 Å². The number of piperidine rings is 1. The molecule has 0 amide bonds. The highest BCUT2D eigenvalue weighted by Crippen LogP contribution is 2.52. The number of hydrogen-bond acceptors (Lipinski definition) is 1. The molecular formula is C8H15N. The van der Waals surface area contributed by atoms with Gasteiger partial charge in [-0.25, -0.2) is 0 Å². The number of likely N-dealkylation sites (tertiary alicyclic amines) is 1. The second kappa shape index (κ2) is 1.51. The van der Waals surface area contributed by atoms with Crippen LogP contribution in [0.2, 0.25) is 0 Å². The first-order valence-corrected chi connectivity index (χ1v) is 3.95. The van der Waals surface area contributed by atoms with Crippen molar-refractivity contribution in [2.45, 2.75) is 31.7 Å². The van der Waals surface area contributed by atoms with Gasteiger partial charge in [-0.2, -0.15) is 0 Å². The largest absolute Gasteiger partial charge is 0.301 e. The molecule has 1 aliphatic heterocycles. The van der Waals surface area contributed by atoms with Crippen molar-refractivity contribution in [3.63, 3.8) is 0 Å². The molecule has 52 valence electrons. The van der Waals surface area contributed by atoms with Gasteiger partial charge in [-0.05, 0) is 45.7 Å². The normalized spacial score (nSPS) is 50.7. The summed E-state index contributed by atoms with van der Waals surface area (Å²) in [6.07, 6.45) is 4.38. The molecule has 2 atom stereocenters. The lowest BCUT2D eigenvalue weighted by Gasteiger charge is -2.29. The molecule has 0 bridgehead atoms. The van der Waals surface area contributed by atoms with E-state index in [1.54, 1.807) is 0 Å². The van der Waals surface area contributed by atoms with Crippen molar-refractivity contribution in [1.82, 2.24) is 4.90 Å². The van der Waals surface area contributed by atoms with Gasteiger partial charge in [0.2, 0.25) is 0 Å². The van der Waals surface area contributed by atoms with Crippen LogP contribution in [0.15, 0.2) is 0 Å². The SMILES string of the molecule is CN1CCCC2CC21C. The fourth-order valence-corrected chi connectivity index (χ4v) is 2.15. The predicted octanol–water partition coefficient (Wildman–Crippen LogP) is 1.49. The van der Waals surface area contributed by atoms with E-state index in [0.717, 1.165) is 5.92 Å². The Bertz CT molecular complexity index is 133. The van der Waals surface area contributed by atoms with Crippen molar-refractivity contribution in [2.75, 3.05) is 13.6 Å². The Morgan fingerprint density at radius 2 is 2.33 bits per heavy atom. The Labute approximate surface area is 57.0 Å². The molecule has 2 rings (SSSR count). The molecule has 0 spiro atoms. The number of fused-ring (bicyclic) bond motifs is 1. The Hall–Kier alpha value is -0.0400. The number of hydrogen-bond donors (Lipinski definition) is 0. The molecule has 1 saturated heterocycles. The van der Waals surface area contributed by atoms with Crippen LogP contribution in [0.4, 0.5) is 0 Å². The second-order valence-corrected chi connectivity index (χ2v) is 3.82. The van der Waals surface area contributed by atoms with Gasteiger partial charge < -0.3 is 4.90 Å². The fourth-order valence-electron chi connectivity index (χ4n) is 2.15. The molecule has 0 N–H and O–H groups in total. The molecule has 1 aliphatic carbocycles. The van der Waals surface area contributed by atoms with E-state index in [0.29, 0.717) is 5.54 Å². The van der Waals surface area contributed by atoms with E-state index in [4.69, 9.17) is 0 Å². The molecule has 0 aromatic rings. The van der Waals surface area contributed by atoms with Gasteiger partial charge in [0.25, 0.3) is 0 Å². The van der Waals surface area contributed by atoms with Gasteiger partial charge in [0, 0.05) is 5.54 Å². The van der Waals surface area contributed by atoms with Crippen LogP contribution in [0, 0.1) is 5.92 Å². The lowest BCUT2D eigenvalue weighted by Crippen LogP contribution is -2.36. The number of rotatable bonds is 0. The minimum absolute atomic E-state index is 0.637. The summed E-state index contributed by atoms with van der Waals surface area (Å²) in [5.41, 5.74) is 0.637. The fraction of sp³-hybridized carbons (Fsp3) is 1.00. The van der Waals surface area contributed by atoms with E-state index >= 15 is 0 Å². The van der Waals surface area contributed by atoms with Crippen LogP contribution in [0.5, 0.6) is 0 Å². The Kier molecular flexibility index (Phi) is 0.963. The van der Waals surface area contributed by atoms with Crippen LogP contribution in [0.1, 0.15) is 26.2 Å². The highest BCUT2D eigenvalue weighted by Gasteiger charge is 2.53. The molecular weight excluding hydrogens is 110 g/mol. The van der Waals surface area contributed by atoms with Crippen molar-refractivity contribution in [3.8, 4) is 0 Å². The van der Waals surface area contributed by atoms with Gasteiger partial charge in [0.1, 0.15) is 0 Å². The Balaban J connectivity index is 2.10. The first kappa shape index (κ1) is 5.72. The quantitative estimate of drug-likeness (QED) is 0.474. The summed E-state index contributed by atoms with van der Waals surface area (Å²) in [6, 6.07) is 0. The summed E-state index contributed by atoms with van der Waals surface area (Å²) in [5.74, 6) is 1.05. The maximum atomic E-state index is 2.53. The van der Waals surface area contributed by atoms with Crippen LogP contribution >= 0.6 is 0 Å². The van der Waals surface area contributed by atoms with E-state index in [1.165, 1.54) is 25.8 Å². The topological polar surface area (TPSA) is 3.24 Å². The molecule has 1 heterocycles. The first-order valence-electron chi connectivity index (χ1n) is 3.95. The van der Waals surface area contributed by atoms with Gasteiger partial charge in [0.15, 0.2) is 0 Å². The van der Waals surface area contributed by atoms with Crippen molar-refractivity contribution in [2.24, 2.45) is 5.92 Å². The minimum atomic E-state index is 0.637. The molecule has 2 aliphatic rings. The highest BCUT2D eigenvalue weighted by atomic mass is 15.2. The molecule has 9 heavy (non-hydrogen) atoms. The molecule has 1 saturated carbocycles. The summed E-state index contributed by atoms with van der Waals surface area (Å²) < 4.78 is 0. The van der Waals surface area contributed by atoms with Crippen LogP contribution < -0.4 is 0 Å². The smallest absolute Gasteiger partial charge is 0.0210 e. The zero-order valence-corrected chi connectivity index (χ0v) is 6.35. The predicted molar refractivity (Wildman–Crippen MR) is 38.4 cm³/mol. The van der Waals surface area contributed by atoms with Gasteiger partial charge in [-0.3, -0.25) is 0 Å².